The van der Waals surface area contributed by atoms with Gasteiger partial charge in [-0.25, -0.2) is 0 Å². The molecule has 0 bridgehead atoms. The molecule has 0 aliphatic heterocycles. The summed E-state index contributed by atoms with van der Waals surface area (Å²) in [6.45, 7) is 11.3. The predicted octanol–water partition coefficient (Wildman–Crippen LogP) is 4.14. The molecule has 2 fully saturated rings. The average molecular weight is 267 g/mol. The van der Waals surface area contributed by atoms with Gasteiger partial charge in [-0.3, -0.25) is 0 Å². The van der Waals surface area contributed by atoms with E-state index < -0.39 is 0 Å². The van der Waals surface area contributed by atoms with Gasteiger partial charge in [0.15, 0.2) is 0 Å². The van der Waals surface area contributed by atoms with Crippen molar-refractivity contribution in [3.8, 4) is 0 Å². The quantitative estimate of drug-likeness (QED) is 0.781. The number of rotatable bonds is 6. The van der Waals surface area contributed by atoms with Gasteiger partial charge in [-0.05, 0) is 43.4 Å². The van der Waals surface area contributed by atoms with Gasteiger partial charge < -0.3 is 10.1 Å². The summed E-state index contributed by atoms with van der Waals surface area (Å²) in [4.78, 5) is 0. The van der Waals surface area contributed by atoms with E-state index in [-0.39, 0.29) is 5.60 Å². The molecule has 2 aliphatic carbocycles. The minimum Gasteiger partial charge on any atom is -0.374 e. The molecule has 0 saturated heterocycles. The van der Waals surface area contributed by atoms with E-state index in [0.717, 1.165) is 31.5 Å². The van der Waals surface area contributed by atoms with Crippen LogP contribution in [-0.2, 0) is 4.74 Å². The van der Waals surface area contributed by atoms with E-state index in [1.54, 1.807) is 0 Å². The van der Waals surface area contributed by atoms with E-state index in [1.165, 1.54) is 38.5 Å². The first-order chi connectivity index (χ1) is 8.89. The summed E-state index contributed by atoms with van der Waals surface area (Å²) in [5.41, 5.74) is 0.511. The molecule has 0 aromatic heterocycles. The highest BCUT2D eigenvalue weighted by Gasteiger charge is 2.37. The van der Waals surface area contributed by atoms with E-state index in [0.29, 0.717) is 5.41 Å². The minimum atomic E-state index is 0.130. The highest BCUT2D eigenvalue weighted by Crippen LogP contribution is 2.36. The first kappa shape index (κ1) is 15.3. The minimum absolute atomic E-state index is 0.130. The predicted molar refractivity (Wildman–Crippen MR) is 81.4 cm³/mol. The Hall–Kier alpha value is -0.0800. The van der Waals surface area contributed by atoms with Crippen LogP contribution in [0.2, 0.25) is 0 Å². The van der Waals surface area contributed by atoms with Crippen LogP contribution in [0.3, 0.4) is 0 Å². The molecule has 112 valence electrons. The molecule has 0 radical (unpaired) electrons. The zero-order valence-corrected chi connectivity index (χ0v) is 13.4. The van der Waals surface area contributed by atoms with Crippen molar-refractivity contribution in [2.24, 2.45) is 11.3 Å². The fraction of sp³-hybridized carbons (Fsp3) is 1.00. The highest BCUT2D eigenvalue weighted by molar-refractivity contribution is 4.92. The Morgan fingerprint density at radius 1 is 1.21 bits per heavy atom. The smallest absolute Gasteiger partial charge is 0.0808 e. The first-order valence-corrected chi connectivity index (χ1v) is 8.26. The summed E-state index contributed by atoms with van der Waals surface area (Å²) in [5.74, 6) is 0.824. The summed E-state index contributed by atoms with van der Waals surface area (Å²) in [7, 11) is 0. The van der Waals surface area contributed by atoms with Crippen molar-refractivity contribution in [3.63, 3.8) is 0 Å². The first-order valence-electron chi connectivity index (χ1n) is 8.26. The highest BCUT2D eigenvalue weighted by atomic mass is 16.5. The monoisotopic (exact) mass is 267 g/mol. The second-order valence-corrected chi connectivity index (χ2v) is 8.20. The second-order valence-electron chi connectivity index (χ2n) is 8.20. The van der Waals surface area contributed by atoms with Gasteiger partial charge >= 0.3 is 0 Å². The molecular formula is C17H33NO. The van der Waals surface area contributed by atoms with Gasteiger partial charge in [0, 0.05) is 19.2 Å². The lowest BCUT2D eigenvalue weighted by Gasteiger charge is -2.41. The van der Waals surface area contributed by atoms with Crippen molar-refractivity contribution >= 4 is 0 Å². The van der Waals surface area contributed by atoms with Crippen LogP contribution in [0.5, 0.6) is 0 Å². The van der Waals surface area contributed by atoms with Gasteiger partial charge in [-0.15, -0.1) is 0 Å². The van der Waals surface area contributed by atoms with Crippen molar-refractivity contribution in [1.82, 2.24) is 5.32 Å². The molecule has 19 heavy (non-hydrogen) atoms. The maximum Gasteiger partial charge on any atom is 0.0808 e. The molecule has 0 aromatic carbocycles. The molecule has 0 aromatic rings. The summed E-state index contributed by atoms with van der Waals surface area (Å²) in [6.07, 6.45) is 9.11. The van der Waals surface area contributed by atoms with Crippen molar-refractivity contribution in [2.75, 3.05) is 13.2 Å². The molecule has 0 heterocycles. The van der Waals surface area contributed by atoms with Crippen LogP contribution >= 0.6 is 0 Å². The summed E-state index contributed by atoms with van der Waals surface area (Å²) in [6, 6.07) is 0.792. The van der Waals surface area contributed by atoms with Crippen LogP contribution in [-0.4, -0.2) is 24.8 Å². The van der Waals surface area contributed by atoms with E-state index in [4.69, 9.17) is 4.74 Å². The molecule has 2 heteroatoms. The second kappa shape index (κ2) is 6.13. The van der Waals surface area contributed by atoms with Crippen LogP contribution in [0.25, 0.3) is 0 Å². The summed E-state index contributed by atoms with van der Waals surface area (Å²) in [5, 5.41) is 3.71. The summed E-state index contributed by atoms with van der Waals surface area (Å²) >= 11 is 0. The fourth-order valence-electron chi connectivity index (χ4n) is 3.15. The molecular weight excluding hydrogens is 234 g/mol. The largest absolute Gasteiger partial charge is 0.374 e. The third-order valence-corrected chi connectivity index (χ3v) is 4.60. The van der Waals surface area contributed by atoms with E-state index in [1.807, 2.05) is 0 Å². The van der Waals surface area contributed by atoms with Gasteiger partial charge in [-0.1, -0.05) is 40.5 Å². The zero-order valence-electron chi connectivity index (χ0n) is 13.4. The summed E-state index contributed by atoms with van der Waals surface area (Å²) < 4.78 is 6.43. The third kappa shape index (κ3) is 5.43. The molecule has 2 saturated carbocycles. The molecule has 0 spiro atoms. The van der Waals surface area contributed by atoms with Gasteiger partial charge in [0.1, 0.15) is 0 Å². The SMILES string of the molecule is CC1CCCC(CNC2CC2)(OCCC(C)(C)C)C1. The van der Waals surface area contributed by atoms with Crippen molar-refractivity contribution in [2.45, 2.75) is 84.3 Å². The van der Waals surface area contributed by atoms with Crippen LogP contribution in [0.1, 0.15) is 72.6 Å². The Morgan fingerprint density at radius 3 is 2.53 bits per heavy atom. The standard InChI is InChI=1S/C17H33NO/c1-14-6-5-9-17(12-14,13-18-15-7-8-15)19-11-10-16(2,3)4/h14-15,18H,5-13H2,1-4H3. The maximum absolute atomic E-state index is 6.43. The van der Waals surface area contributed by atoms with Gasteiger partial charge in [0.25, 0.3) is 0 Å². The van der Waals surface area contributed by atoms with Crippen LogP contribution in [0, 0.1) is 11.3 Å². The van der Waals surface area contributed by atoms with Crippen LogP contribution in [0.4, 0.5) is 0 Å². The van der Waals surface area contributed by atoms with Crippen molar-refractivity contribution in [3.05, 3.63) is 0 Å². The third-order valence-electron chi connectivity index (χ3n) is 4.60. The zero-order chi connectivity index (χ0) is 13.9. The Kier molecular flexibility index (Phi) is 4.94. The molecule has 2 nitrogen and oxygen atoms in total. The maximum atomic E-state index is 6.43. The Morgan fingerprint density at radius 2 is 1.95 bits per heavy atom. The van der Waals surface area contributed by atoms with Crippen LogP contribution < -0.4 is 5.32 Å². The topological polar surface area (TPSA) is 21.3 Å². The lowest BCUT2D eigenvalue weighted by Crippen LogP contribution is -2.47. The average Bonchev–Trinajstić information content (AvgIpc) is 3.08. The molecule has 2 rings (SSSR count). The van der Waals surface area contributed by atoms with Gasteiger partial charge in [0.2, 0.25) is 0 Å². The Bertz CT molecular complexity index is 279. The molecule has 2 atom stereocenters. The molecule has 0 amide bonds. The Labute approximate surface area is 119 Å². The molecule has 2 aliphatic rings. The Balaban J connectivity index is 1.84. The number of nitrogens with one attached hydrogen (secondary N) is 1. The lowest BCUT2D eigenvalue weighted by molar-refractivity contribution is -0.0857. The van der Waals surface area contributed by atoms with E-state index in [9.17, 15) is 0 Å². The van der Waals surface area contributed by atoms with Gasteiger partial charge in [0.05, 0.1) is 5.60 Å². The van der Waals surface area contributed by atoms with E-state index >= 15 is 0 Å². The normalized spacial score (nSPS) is 32.5. The van der Waals surface area contributed by atoms with Gasteiger partial charge in [-0.2, -0.15) is 0 Å². The molecule has 2 unspecified atom stereocenters. The number of ether oxygens (including phenoxy) is 1. The van der Waals surface area contributed by atoms with E-state index in [2.05, 4.69) is 33.0 Å². The van der Waals surface area contributed by atoms with Crippen molar-refractivity contribution < 1.29 is 4.74 Å². The van der Waals surface area contributed by atoms with Crippen LogP contribution in [0.15, 0.2) is 0 Å². The number of hydrogen-bond donors (Lipinski definition) is 1. The lowest BCUT2D eigenvalue weighted by atomic mass is 9.78. The van der Waals surface area contributed by atoms with Crippen molar-refractivity contribution in [1.29, 1.82) is 0 Å². The molecule has 1 N–H and O–H groups in total. The number of hydrogen-bond acceptors (Lipinski definition) is 2. The fourth-order valence-corrected chi connectivity index (χ4v) is 3.15.